The van der Waals surface area contributed by atoms with E-state index in [0.29, 0.717) is 0 Å². The van der Waals surface area contributed by atoms with E-state index in [9.17, 15) is 8.42 Å². The number of sulfonamides is 1. The van der Waals surface area contributed by atoms with Crippen molar-refractivity contribution in [3.8, 4) is 21.8 Å². The van der Waals surface area contributed by atoms with Crippen molar-refractivity contribution in [2.45, 2.75) is 25.3 Å². The second kappa shape index (κ2) is 8.52. The molecular formula is C24H22N2O2S2. The van der Waals surface area contributed by atoms with Crippen LogP contribution in [0.3, 0.4) is 0 Å². The number of thiazole rings is 1. The van der Waals surface area contributed by atoms with E-state index in [1.54, 1.807) is 35.6 Å². The van der Waals surface area contributed by atoms with Crippen LogP contribution >= 0.6 is 11.3 Å². The maximum absolute atomic E-state index is 12.4. The fourth-order valence-electron chi connectivity index (χ4n) is 3.01. The molecule has 4 aromatic rings. The Labute approximate surface area is 181 Å². The van der Waals surface area contributed by atoms with Crippen LogP contribution in [0.5, 0.6) is 0 Å². The molecular weight excluding hydrogens is 412 g/mol. The summed E-state index contributed by atoms with van der Waals surface area (Å²) in [5.41, 5.74) is 6.23. The van der Waals surface area contributed by atoms with Gasteiger partial charge in [-0.05, 0) is 31.5 Å². The zero-order valence-corrected chi connectivity index (χ0v) is 18.4. The molecule has 0 saturated heterocycles. The Hall–Kier alpha value is -2.80. The van der Waals surface area contributed by atoms with Gasteiger partial charge in [0.15, 0.2) is 0 Å². The molecule has 0 bridgehead atoms. The van der Waals surface area contributed by atoms with Gasteiger partial charge in [0.05, 0.1) is 10.6 Å². The first-order chi connectivity index (χ1) is 14.4. The van der Waals surface area contributed by atoms with Gasteiger partial charge in [-0.3, -0.25) is 0 Å². The highest BCUT2D eigenvalue weighted by molar-refractivity contribution is 7.89. The second-order valence-corrected chi connectivity index (χ2v) is 9.86. The first-order valence-corrected chi connectivity index (χ1v) is 12.0. The van der Waals surface area contributed by atoms with E-state index in [0.717, 1.165) is 33.0 Å². The Morgan fingerprint density at radius 3 is 2.00 bits per heavy atom. The minimum absolute atomic E-state index is 0.239. The van der Waals surface area contributed by atoms with Crippen LogP contribution in [0.15, 0.2) is 83.1 Å². The lowest BCUT2D eigenvalue weighted by Crippen LogP contribution is -2.23. The van der Waals surface area contributed by atoms with Crippen molar-refractivity contribution in [3.05, 3.63) is 94.9 Å². The molecule has 4 nitrogen and oxygen atoms in total. The average Bonchev–Trinajstić information content (AvgIpc) is 3.24. The second-order valence-electron chi connectivity index (χ2n) is 7.24. The fraction of sp³-hybridized carbons (Fsp3) is 0.125. The fourth-order valence-corrected chi connectivity index (χ4v) is 4.86. The van der Waals surface area contributed by atoms with Gasteiger partial charge in [-0.2, -0.15) is 0 Å². The molecule has 0 aliphatic heterocycles. The van der Waals surface area contributed by atoms with Gasteiger partial charge in [0, 0.05) is 23.1 Å². The van der Waals surface area contributed by atoms with Gasteiger partial charge in [0.25, 0.3) is 0 Å². The number of nitrogens with one attached hydrogen (secondary N) is 1. The summed E-state index contributed by atoms with van der Waals surface area (Å²) >= 11 is 1.60. The molecule has 1 heterocycles. The SMILES string of the molecule is Cc1ccc(-c2csc(-c3ccc(CNS(=O)(=O)c4ccc(C)cc4)cc3)n2)cc1. The monoisotopic (exact) mass is 434 g/mol. The van der Waals surface area contributed by atoms with Gasteiger partial charge >= 0.3 is 0 Å². The van der Waals surface area contributed by atoms with Crippen LogP contribution in [0.4, 0.5) is 0 Å². The van der Waals surface area contributed by atoms with Crippen molar-refractivity contribution < 1.29 is 8.42 Å². The molecule has 0 atom stereocenters. The molecule has 0 unspecified atom stereocenters. The third-order valence-corrected chi connectivity index (χ3v) is 7.16. The summed E-state index contributed by atoms with van der Waals surface area (Å²) in [6.07, 6.45) is 0. The Bertz CT molecular complexity index is 1240. The number of aromatic nitrogens is 1. The van der Waals surface area contributed by atoms with Crippen LogP contribution < -0.4 is 4.72 Å². The molecule has 0 radical (unpaired) electrons. The van der Waals surface area contributed by atoms with Gasteiger partial charge < -0.3 is 0 Å². The van der Waals surface area contributed by atoms with Gasteiger partial charge in [-0.1, -0.05) is 71.8 Å². The maximum Gasteiger partial charge on any atom is 0.240 e. The Kier molecular flexibility index (Phi) is 5.81. The molecule has 6 heteroatoms. The van der Waals surface area contributed by atoms with E-state index < -0.39 is 10.0 Å². The summed E-state index contributed by atoms with van der Waals surface area (Å²) < 4.78 is 27.5. The lowest BCUT2D eigenvalue weighted by Gasteiger charge is -2.08. The zero-order chi connectivity index (χ0) is 21.1. The van der Waals surface area contributed by atoms with Crippen molar-refractivity contribution in [2.75, 3.05) is 0 Å². The average molecular weight is 435 g/mol. The number of hydrogen-bond donors (Lipinski definition) is 1. The van der Waals surface area contributed by atoms with E-state index >= 15 is 0 Å². The van der Waals surface area contributed by atoms with E-state index in [1.165, 1.54) is 5.56 Å². The minimum Gasteiger partial charge on any atom is -0.236 e. The number of nitrogens with zero attached hydrogens (tertiary/aromatic N) is 1. The maximum atomic E-state index is 12.4. The topological polar surface area (TPSA) is 59.1 Å². The van der Waals surface area contributed by atoms with Crippen molar-refractivity contribution in [2.24, 2.45) is 0 Å². The van der Waals surface area contributed by atoms with Gasteiger partial charge in [-0.15, -0.1) is 11.3 Å². The van der Waals surface area contributed by atoms with Crippen molar-refractivity contribution >= 4 is 21.4 Å². The smallest absolute Gasteiger partial charge is 0.236 e. The van der Waals surface area contributed by atoms with Crippen LogP contribution in [0.1, 0.15) is 16.7 Å². The number of benzene rings is 3. The van der Waals surface area contributed by atoms with Gasteiger partial charge in [0.2, 0.25) is 10.0 Å². The van der Waals surface area contributed by atoms with E-state index in [4.69, 9.17) is 4.98 Å². The van der Waals surface area contributed by atoms with Crippen LogP contribution in [0.2, 0.25) is 0 Å². The van der Waals surface area contributed by atoms with Crippen LogP contribution in [0.25, 0.3) is 21.8 Å². The molecule has 1 aromatic heterocycles. The highest BCUT2D eigenvalue weighted by atomic mass is 32.2. The third-order valence-electron chi connectivity index (χ3n) is 4.85. The van der Waals surface area contributed by atoms with Crippen molar-refractivity contribution in [1.29, 1.82) is 0 Å². The molecule has 0 fully saturated rings. The summed E-state index contributed by atoms with van der Waals surface area (Å²) in [5.74, 6) is 0. The van der Waals surface area contributed by atoms with E-state index in [1.807, 2.05) is 31.2 Å². The Morgan fingerprint density at radius 1 is 0.800 bits per heavy atom. The van der Waals surface area contributed by atoms with E-state index in [2.05, 4.69) is 41.3 Å². The Morgan fingerprint density at radius 2 is 1.37 bits per heavy atom. The molecule has 0 aliphatic rings. The summed E-state index contributed by atoms with van der Waals surface area (Å²) in [6.45, 7) is 4.24. The molecule has 1 N–H and O–H groups in total. The van der Waals surface area contributed by atoms with E-state index in [-0.39, 0.29) is 11.4 Å². The number of rotatable bonds is 6. The summed E-state index contributed by atoms with van der Waals surface area (Å²) in [6, 6.07) is 23.0. The largest absolute Gasteiger partial charge is 0.240 e. The highest BCUT2D eigenvalue weighted by Gasteiger charge is 2.13. The van der Waals surface area contributed by atoms with Crippen molar-refractivity contribution in [3.63, 3.8) is 0 Å². The quantitative estimate of drug-likeness (QED) is 0.431. The first kappa shape index (κ1) is 20.5. The standard InChI is InChI=1S/C24H22N2O2S2/c1-17-3-9-20(10-4-17)23-16-29-24(26-23)21-11-7-19(8-12-21)15-25-30(27,28)22-13-5-18(2)6-14-22/h3-14,16,25H,15H2,1-2H3. The molecule has 30 heavy (non-hydrogen) atoms. The molecule has 152 valence electrons. The zero-order valence-electron chi connectivity index (χ0n) is 16.8. The number of hydrogen-bond acceptors (Lipinski definition) is 4. The predicted octanol–water partition coefficient (Wildman–Crippen LogP) is 5.57. The van der Waals surface area contributed by atoms with Gasteiger partial charge in [0.1, 0.15) is 5.01 Å². The lowest BCUT2D eigenvalue weighted by molar-refractivity contribution is 0.581. The molecule has 0 saturated carbocycles. The highest BCUT2D eigenvalue weighted by Crippen LogP contribution is 2.29. The third kappa shape index (κ3) is 4.67. The first-order valence-electron chi connectivity index (χ1n) is 9.59. The molecule has 0 spiro atoms. The number of aryl methyl sites for hydroxylation is 2. The molecule has 0 amide bonds. The van der Waals surface area contributed by atoms with Crippen LogP contribution in [-0.4, -0.2) is 13.4 Å². The Balaban J connectivity index is 1.44. The summed E-state index contributed by atoms with van der Waals surface area (Å²) in [7, 11) is -3.53. The molecule has 0 aliphatic carbocycles. The molecule has 4 rings (SSSR count). The predicted molar refractivity (Wildman–Crippen MR) is 123 cm³/mol. The normalized spacial score (nSPS) is 11.5. The molecule has 3 aromatic carbocycles. The summed E-state index contributed by atoms with van der Waals surface area (Å²) in [5, 5.41) is 3.00. The van der Waals surface area contributed by atoms with Crippen LogP contribution in [0, 0.1) is 13.8 Å². The summed E-state index contributed by atoms with van der Waals surface area (Å²) in [4.78, 5) is 5.02. The van der Waals surface area contributed by atoms with Gasteiger partial charge in [-0.25, -0.2) is 18.1 Å². The minimum atomic E-state index is -3.53. The van der Waals surface area contributed by atoms with Crippen molar-refractivity contribution in [1.82, 2.24) is 9.71 Å². The van der Waals surface area contributed by atoms with Crippen LogP contribution in [-0.2, 0) is 16.6 Å². The lowest BCUT2D eigenvalue weighted by atomic mass is 10.1.